The minimum absolute atomic E-state index is 0.00887. The molecule has 35 nitrogen and oxygen atoms in total. The van der Waals surface area contributed by atoms with Crippen LogP contribution in [-0.2, 0) is 62.3 Å². The average molecular weight is 1460 g/mol. The van der Waals surface area contributed by atoms with Crippen molar-refractivity contribution in [1.82, 2.24) is 63.8 Å². The number of aliphatic imine (C=N–C) groups is 1. The fraction of sp³-hybridized carbons (Fsp3) is 0.697. The van der Waals surface area contributed by atoms with E-state index in [0.717, 1.165) is 6.92 Å². The van der Waals surface area contributed by atoms with E-state index >= 15 is 14.4 Å². The van der Waals surface area contributed by atoms with E-state index in [2.05, 4.69) is 63.5 Å². The molecular formula is C66H115N17O18Si. The van der Waals surface area contributed by atoms with Gasteiger partial charge in [-0.2, -0.15) is 0 Å². The molecular weight excluding hydrogens is 1350 g/mol. The first-order valence-corrected chi connectivity index (χ1v) is 37.8. The Kier molecular flexibility index (Phi) is 35.2. The normalized spacial score (nSPS) is 23.5. The third-order valence-electron chi connectivity index (χ3n) is 16.1. The van der Waals surface area contributed by atoms with E-state index in [0.29, 0.717) is 5.69 Å². The van der Waals surface area contributed by atoms with Gasteiger partial charge in [-0.25, -0.2) is 4.79 Å². The molecule has 0 aliphatic carbocycles. The van der Waals surface area contributed by atoms with E-state index in [1.807, 2.05) is 25.0 Å². The van der Waals surface area contributed by atoms with E-state index in [4.69, 9.17) is 21.9 Å². The molecule has 15 atom stereocenters. The Balaban J connectivity index is 3.29. The predicted molar refractivity (Wildman–Crippen MR) is 381 cm³/mol. The topological polar surface area (TPSA) is 550 Å². The molecule has 1 fully saturated rings. The summed E-state index contributed by atoms with van der Waals surface area (Å²) in [5, 5.41) is 74.5. The van der Waals surface area contributed by atoms with Gasteiger partial charge in [0.05, 0.1) is 31.4 Å². The minimum Gasteiger partial charge on any atom is -0.444 e. The maximum absolute atomic E-state index is 15.8. The maximum atomic E-state index is 15.8. The first-order chi connectivity index (χ1) is 47.0. The number of aliphatic hydroxyl groups excluding tert-OH is 4. The smallest absolute Gasteiger partial charge is 0.408 e. The number of nitrogens with two attached hydrogens (primary N) is 3. The van der Waals surface area contributed by atoms with E-state index in [-0.39, 0.29) is 56.2 Å². The fourth-order valence-electron chi connectivity index (χ4n) is 10.5. The van der Waals surface area contributed by atoms with Crippen molar-refractivity contribution in [1.29, 1.82) is 0 Å². The Morgan fingerprint density at radius 3 is 1.69 bits per heavy atom. The molecule has 13 amide bonds. The molecule has 2 rings (SSSR count). The van der Waals surface area contributed by atoms with E-state index < -0.39 is 212 Å². The molecule has 576 valence electrons. The Hall–Kier alpha value is -8.74. The highest BCUT2D eigenvalue weighted by Gasteiger charge is 2.44. The summed E-state index contributed by atoms with van der Waals surface area (Å²) in [5.74, 6) is -16.9. The molecule has 0 bridgehead atoms. The van der Waals surface area contributed by atoms with Gasteiger partial charge in [-0.3, -0.25) is 62.5 Å². The Bertz CT molecular complexity index is 3090. The molecule has 1 aromatic rings. The second-order valence-corrected chi connectivity index (χ2v) is 35.7. The molecule has 1 aromatic carbocycles. The second kappa shape index (κ2) is 40.2. The summed E-state index contributed by atoms with van der Waals surface area (Å²) >= 11 is 0. The fourth-order valence-corrected chi connectivity index (χ4v) is 12.0. The van der Waals surface area contributed by atoms with Crippen molar-refractivity contribution >= 4 is 96.7 Å². The van der Waals surface area contributed by atoms with Crippen LogP contribution < -0.4 is 85.9 Å². The van der Waals surface area contributed by atoms with Gasteiger partial charge in [0.2, 0.25) is 70.9 Å². The number of rotatable bonds is 24. The standard InChI is InChI=1S/C66H115N17O18Si/c1-19-34(6)44-59(96)79-45(35(7)85)58(95)71-29-43(86)77-49(51(88)52(67)89)62(99)75-41(30-84)56(93)80-46(36-22-24-37(25-23-36)83(14)15)47(81-55(92)40(28-65(8,9)10)74-57(94)42(31-102(16,17)18)76-64(100)101-66(11,12)13)60(97)82-48(50(87)33(4)5)61(98)73-39(27-32(2)3)54(91)72-38(53(90)78-44)21-20-26-70-63(68)69/h22-25,32-35,38-42,44-51,84-85,87-88H,19-21,26-31H2,1-18H3,(H2,67,89)(H,71,95)(H,72,91)(H,73,98)(H,74,94)(H,75,99)(H,76,100)(H,77,86)(H,78,90)(H,79,96)(H,80,93)(H,81,92)(H,82,97)(H4,68,69,70)/t34-,35-,38+,39-,40-,41-,42+,44-,45-,46+,47-,48-,49-,50+,51-/m0/s1. The summed E-state index contributed by atoms with van der Waals surface area (Å²) in [5.41, 5.74) is 15.3. The van der Waals surface area contributed by atoms with Crippen molar-refractivity contribution in [3.05, 3.63) is 29.8 Å². The lowest BCUT2D eigenvalue weighted by Gasteiger charge is -2.35. The number of alkyl carbamates (subject to hydrolysis) is 1. The third kappa shape index (κ3) is 30.4. The first-order valence-electron chi connectivity index (χ1n) is 34.1. The van der Waals surface area contributed by atoms with E-state index in [9.17, 15) is 68.4 Å². The van der Waals surface area contributed by atoms with Gasteiger partial charge in [-0.1, -0.05) is 101 Å². The van der Waals surface area contributed by atoms with Crippen molar-refractivity contribution in [2.45, 2.75) is 238 Å². The highest BCUT2D eigenvalue weighted by Crippen LogP contribution is 2.26. The molecule has 22 N–H and O–H groups in total. The second-order valence-electron chi connectivity index (χ2n) is 30.1. The van der Waals surface area contributed by atoms with Gasteiger partial charge in [-0.05, 0) is 100 Å². The van der Waals surface area contributed by atoms with Crippen LogP contribution in [0.15, 0.2) is 29.3 Å². The number of anilines is 1. The monoisotopic (exact) mass is 1460 g/mol. The number of nitrogens with one attached hydrogen (secondary N) is 12. The van der Waals surface area contributed by atoms with Crippen LogP contribution in [0.25, 0.3) is 0 Å². The van der Waals surface area contributed by atoms with Crippen LogP contribution in [0.1, 0.15) is 134 Å². The molecule has 1 aliphatic rings. The molecule has 0 spiro atoms. The first kappa shape index (κ1) is 89.3. The summed E-state index contributed by atoms with van der Waals surface area (Å²) < 4.78 is 5.51. The van der Waals surface area contributed by atoms with Crippen LogP contribution >= 0.6 is 0 Å². The van der Waals surface area contributed by atoms with Crippen molar-refractivity contribution in [3.8, 4) is 0 Å². The molecule has 1 aliphatic heterocycles. The molecule has 102 heavy (non-hydrogen) atoms. The van der Waals surface area contributed by atoms with Gasteiger partial charge in [0.1, 0.15) is 66.0 Å². The number of aliphatic hydroxyl groups is 4. The van der Waals surface area contributed by atoms with Crippen LogP contribution in [0.5, 0.6) is 0 Å². The minimum atomic E-state index is -2.59. The van der Waals surface area contributed by atoms with Gasteiger partial charge in [0.15, 0.2) is 12.1 Å². The molecule has 0 radical (unpaired) electrons. The number of benzene rings is 1. The number of carbonyl (C=O) groups is 13. The number of primary amides is 1. The number of nitrogens with zero attached hydrogens (tertiary/aromatic N) is 2. The highest BCUT2D eigenvalue weighted by molar-refractivity contribution is 6.76. The molecule has 1 saturated heterocycles. The summed E-state index contributed by atoms with van der Waals surface area (Å²) in [7, 11) is 1.12. The number of carbonyl (C=O) groups excluding carboxylic acids is 13. The number of guanidine groups is 1. The lowest BCUT2D eigenvalue weighted by atomic mass is 9.87. The van der Waals surface area contributed by atoms with Gasteiger partial charge >= 0.3 is 6.09 Å². The molecule has 0 aromatic heterocycles. The van der Waals surface area contributed by atoms with Crippen LogP contribution in [-0.4, -0.2) is 230 Å². The van der Waals surface area contributed by atoms with Gasteiger partial charge in [-0.15, -0.1) is 0 Å². The van der Waals surface area contributed by atoms with Crippen molar-refractivity contribution in [2.24, 2.45) is 45.4 Å². The predicted octanol–water partition coefficient (Wildman–Crippen LogP) is -3.55. The SMILES string of the molecule is CC[C@H](C)[C@@H]1NC(=O)[C@@H](CCCN=C(N)N)NC(=O)[C@H](CC(C)C)NC(=O)[C@H]([C@H](O)C(C)C)NC(=O)[C@@H](NC(=O)[C@H](CC(C)(C)C)NC(=O)[C@@H](C[Si](C)(C)C)NC(=O)OC(C)(C)C)[C@@H](c2ccc(N(C)C)cc2)NC(=O)[C@H](CO)NC(=O)[C@H]([C@H](O)C(N)=O)NC(=O)CNC(=O)[C@H]([C@H](C)O)NC1=O. The quantitative estimate of drug-likeness (QED) is 0.0206. The lowest BCUT2D eigenvalue weighted by Crippen LogP contribution is -2.65. The Morgan fingerprint density at radius 1 is 0.657 bits per heavy atom. The van der Waals surface area contributed by atoms with Crippen molar-refractivity contribution in [3.63, 3.8) is 0 Å². The largest absolute Gasteiger partial charge is 0.444 e. The lowest BCUT2D eigenvalue weighted by molar-refractivity contribution is -0.140. The number of hydrogen-bond acceptors (Lipinski definition) is 20. The van der Waals surface area contributed by atoms with E-state index in [1.165, 1.54) is 26.0 Å². The van der Waals surface area contributed by atoms with Gasteiger partial charge in [0.25, 0.3) is 0 Å². The summed E-state index contributed by atoms with van der Waals surface area (Å²) in [6.07, 6.45) is -7.37. The van der Waals surface area contributed by atoms with Gasteiger partial charge in [0, 0.05) is 34.4 Å². The number of ether oxygens (including phenoxy) is 1. The average Bonchev–Trinajstić information content (AvgIpc) is 0.805. The Labute approximate surface area is 597 Å². The zero-order chi connectivity index (χ0) is 78.2. The van der Waals surface area contributed by atoms with Crippen molar-refractivity contribution < 1.29 is 87.5 Å². The van der Waals surface area contributed by atoms with Crippen LogP contribution in [0, 0.1) is 23.2 Å². The van der Waals surface area contributed by atoms with E-state index in [1.54, 1.807) is 100 Å². The zero-order valence-corrected chi connectivity index (χ0v) is 63.1. The molecule has 1 heterocycles. The van der Waals surface area contributed by atoms with Gasteiger partial charge < -0.3 is 111 Å². The molecule has 0 saturated carbocycles. The van der Waals surface area contributed by atoms with Crippen LogP contribution in [0.2, 0.25) is 25.7 Å². The molecule has 36 heteroatoms. The highest BCUT2D eigenvalue weighted by atomic mass is 28.3. The number of amides is 13. The number of hydrogen-bond donors (Lipinski definition) is 19. The zero-order valence-electron chi connectivity index (χ0n) is 62.1. The Morgan fingerprint density at radius 2 is 1.19 bits per heavy atom. The van der Waals surface area contributed by atoms with Crippen molar-refractivity contribution in [2.75, 3.05) is 38.7 Å². The maximum Gasteiger partial charge on any atom is 0.408 e. The third-order valence-corrected chi connectivity index (χ3v) is 17.7. The summed E-state index contributed by atoms with van der Waals surface area (Å²) in [4.78, 5) is 193. The summed E-state index contributed by atoms with van der Waals surface area (Å²) in [6, 6.07) is -14.0. The van der Waals surface area contributed by atoms with Crippen LogP contribution in [0.3, 0.4) is 0 Å². The molecule has 0 unspecified atom stereocenters. The van der Waals surface area contributed by atoms with Crippen LogP contribution in [0.4, 0.5) is 10.5 Å². The summed E-state index contributed by atoms with van der Waals surface area (Å²) in [6.45, 7) is 24.2.